The van der Waals surface area contributed by atoms with Crippen LogP contribution < -0.4 is 10.5 Å². The van der Waals surface area contributed by atoms with Crippen molar-refractivity contribution in [2.75, 3.05) is 38.2 Å². The Balaban J connectivity index is 1.52. The SMILES string of the molecule is NSc1cc([N+](=O)[O-])c(NCC2(F)CCN(C3COC3)CC2)c2[nH]cnc12. The van der Waals surface area contributed by atoms with Crippen molar-refractivity contribution in [1.82, 2.24) is 14.9 Å². The zero-order chi connectivity index (χ0) is 19.0. The lowest BCUT2D eigenvalue weighted by Gasteiger charge is -2.43. The zero-order valence-electron chi connectivity index (χ0n) is 14.6. The molecule has 2 aliphatic rings. The average molecular weight is 396 g/mol. The fourth-order valence-electron chi connectivity index (χ4n) is 3.62. The van der Waals surface area contributed by atoms with E-state index in [2.05, 4.69) is 20.2 Å². The molecule has 11 heteroatoms. The summed E-state index contributed by atoms with van der Waals surface area (Å²) in [6.07, 6.45) is 2.21. The van der Waals surface area contributed by atoms with Gasteiger partial charge in [-0.1, -0.05) is 0 Å². The maximum absolute atomic E-state index is 15.3. The highest BCUT2D eigenvalue weighted by molar-refractivity contribution is 7.97. The third-order valence-corrected chi connectivity index (χ3v) is 5.95. The average Bonchev–Trinajstić information content (AvgIpc) is 3.09. The van der Waals surface area contributed by atoms with Gasteiger partial charge in [-0.05, 0) is 24.8 Å². The van der Waals surface area contributed by atoms with E-state index >= 15 is 4.39 Å². The van der Waals surface area contributed by atoms with Crippen LogP contribution in [0.1, 0.15) is 12.8 Å². The second-order valence-corrected chi connectivity index (χ2v) is 7.68. The summed E-state index contributed by atoms with van der Waals surface area (Å²) in [7, 11) is 0. The van der Waals surface area contributed by atoms with Gasteiger partial charge in [-0.25, -0.2) is 9.37 Å². The van der Waals surface area contributed by atoms with E-state index in [1.54, 1.807) is 0 Å². The standard InChI is InChI=1S/C16H21FN6O3S/c17-16(1-3-22(4-2-16)10-6-26-7-10)8-19-13-11(23(24)25)5-12(27-18)14-15(13)21-9-20-14/h5,9-10,19H,1-4,6-8,18H2,(H,20,21). The second kappa shape index (κ2) is 7.23. The Bertz CT molecular complexity index is 850. The Hall–Kier alpha value is -1.95. The number of aromatic amines is 1. The minimum absolute atomic E-state index is 0.00603. The van der Waals surface area contributed by atoms with Crippen molar-refractivity contribution in [3.8, 4) is 0 Å². The summed E-state index contributed by atoms with van der Waals surface area (Å²) in [5.41, 5.74) is -0.319. The first-order chi connectivity index (χ1) is 13.0. The molecule has 0 amide bonds. The molecule has 0 saturated carbocycles. The smallest absolute Gasteiger partial charge is 0.295 e. The number of imidazole rings is 1. The van der Waals surface area contributed by atoms with Gasteiger partial charge in [0.2, 0.25) is 0 Å². The van der Waals surface area contributed by atoms with Crippen molar-refractivity contribution >= 4 is 34.4 Å². The molecule has 2 saturated heterocycles. The van der Waals surface area contributed by atoms with Crippen LogP contribution in [0.15, 0.2) is 17.3 Å². The molecule has 0 spiro atoms. The first kappa shape index (κ1) is 18.4. The van der Waals surface area contributed by atoms with Crippen molar-refractivity contribution < 1.29 is 14.1 Å². The van der Waals surface area contributed by atoms with Gasteiger partial charge in [-0.3, -0.25) is 20.2 Å². The maximum atomic E-state index is 15.3. The fraction of sp³-hybridized carbons (Fsp3) is 0.562. The minimum atomic E-state index is -1.41. The zero-order valence-corrected chi connectivity index (χ0v) is 15.4. The highest BCUT2D eigenvalue weighted by atomic mass is 32.2. The summed E-state index contributed by atoms with van der Waals surface area (Å²) < 4.78 is 20.5. The molecule has 2 aromatic rings. The molecule has 0 aliphatic carbocycles. The van der Waals surface area contributed by atoms with Crippen molar-refractivity contribution in [1.29, 1.82) is 0 Å². The molecule has 1 aromatic carbocycles. The summed E-state index contributed by atoms with van der Waals surface area (Å²) in [6.45, 7) is 2.76. The van der Waals surface area contributed by atoms with Gasteiger partial charge in [-0.2, -0.15) is 0 Å². The quantitative estimate of drug-likeness (QED) is 0.385. The number of nitro groups is 1. The van der Waals surface area contributed by atoms with E-state index < -0.39 is 10.6 Å². The molecule has 0 unspecified atom stereocenters. The lowest BCUT2D eigenvalue weighted by atomic mass is 9.92. The van der Waals surface area contributed by atoms with E-state index in [-0.39, 0.29) is 17.9 Å². The maximum Gasteiger partial charge on any atom is 0.295 e. The number of fused-ring (bicyclic) bond motifs is 1. The molecule has 4 rings (SSSR count). The van der Waals surface area contributed by atoms with Gasteiger partial charge < -0.3 is 15.0 Å². The normalized spacial score (nSPS) is 20.5. The number of likely N-dealkylation sites (tertiary alicyclic amines) is 1. The number of rotatable bonds is 6. The molecule has 3 heterocycles. The highest BCUT2D eigenvalue weighted by Gasteiger charge is 2.38. The monoisotopic (exact) mass is 396 g/mol. The van der Waals surface area contributed by atoms with Crippen LogP contribution in [0.3, 0.4) is 0 Å². The first-order valence-corrected chi connectivity index (χ1v) is 9.64. The van der Waals surface area contributed by atoms with Gasteiger partial charge in [0.25, 0.3) is 5.69 Å². The van der Waals surface area contributed by atoms with E-state index in [0.717, 1.165) is 11.9 Å². The topological polar surface area (TPSA) is 122 Å². The highest BCUT2D eigenvalue weighted by Crippen LogP contribution is 2.38. The molecule has 0 radical (unpaired) electrons. The number of alkyl halides is 1. The Morgan fingerprint density at radius 1 is 1.52 bits per heavy atom. The van der Waals surface area contributed by atoms with E-state index in [9.17, 15) is 10.1 Å². The Morgan fingerprint density at radius 3 is 2.85 bits per heavy atom. The molecule has 0 atom stereocenters. The molecule has 1 aromatic heterocycles. The molecule has 4 N–H and O–H groups in total. The number of halogens is 1. The van der Waals surface area contributed by atoms with Crippen molar-refractivity contribution in [3.63, 3.8) is 0 Å². The number of nitro benzene ring substituents is 1. The van der Waals surface area contributed by atoms with E-state index in [0.29, 0.717) is 61.1 Å². The predicted octanol–water partition coefficient (Wildman–Crippen LogP) is 2.05. The van der Waals surface area contributed by atoms with Gasteiger partial charge in [0.05, 0.1) is 40.9 Å². The third-order valence-electron chi connectivity index (χ3n) is 5.38. The van der Waals surface area contributed by atoms with Gasteiger partial charge in [0, 0.05) is 25.7 Å². The van der Waals surface area contributed by atoms with Crippen LogP contribution in [0.25, 0.3) is 11.0 Å². The van der Waals surface area contributed by atoms with Crippen molar-refractivity contribution in [3.05, 3.63) is 22.5 Å². The molecular weight excluding hydrogens is 375 g/mol. The van der Waals surface area contributed by atoms with Crippen LogP contribution in [-0.2, 0) is 4.74 Å². The van der Waals surface area contributed by atoms with Crippen LogP contribution in [0.5, 0.6) is 0 Å². The Morgan fingerprint density at radius 2 is 2.26 bits per heavy atom. The number of nitrogens with zero attached hydrogens (tertiary/aromatic N) is 3. The van der Waals surface area contributed by atoms with E-state index in [1.807, 2.05) is 0 Å². The lowest BCUT2D eigenvalue weighted by molar-refractivity contribution is -0.384. The van der Waals surface area contributed by atoms with Crippen LogP contribution in [0.2, 0.25) is 0 Å². The van der Waals surface area contributed by atoms with Crippen LogP contribution in [0, 0.1) is 10.1 Å². The molecule has 146 valence electrons. The minimum Gasteiger partial charge on any atom is -0.378 e. The summed E-state index contributed by atoms with van der Waals surface area (Å²) in [4.78, 5) is 20.8. The number of H-pyrrole nitrogens is 1. The third kappa shape index (κ3) is 3.47. The van der Waals surface area contributed by atoms with E-state index in [4.69, 9.17) is 9.88 Å². The summed E-state index contributed by atoms with van der Waals surface area (Å²) in [6, 6.07) is 1.77. The van der Waals surface area contributed by atoms with Crippen LogP contribution in [-0.4, -0.2) is 64.3 Å². The molecule has 0 bridgehead atoms. The number of hydrogen-bond acceptors (Lipinski definition) is 8. The summed E-state index contributed by atoms with van der Waals surface area (Å²) in [5.74, 6) is 0. The van der Waals surface area contributed by atoms with E-state index in [1.165, 1.54) is 12.4 Å². The largest absolute Gasteiger partial charge is 0.378 e. The van der Waals surface area contributed by atoms with Gasteiger partial charge in [0.15, 0.2) is 0 Å². The number of hydrogen-bond donors (Lipinski definition) is 3. The van der Waals surface area contributed by atoms with Crippen molar-refractivity contribution in [2.24, 2.45) is 5.14 Å². The molecule has 2 fully saturated rings. The summed E-state index contributed by atoms with van der Waals surface area (Å²) in [5, 5.41) is 20.1. The van der Waals surface area contributed by atoms with Gasteiger partial charge >= 0.3 is 0 Å². The lowest BCUT2D eigenvalue weighted by Crippen LogP contribution is -2.55. The number of aromatic nitrogens is 2. The summed E-state index contributed by atoms with van der Waals surface area (Å²) >= 11 is 0.895. The molecule has 27 heavy (non-hydrogen) atoms. The molecule has 2 aliphatic heterocycles. The molecule has 9 nitrogen and oxygen atoms in total. The number of piperidine rings is 1. The predicted molar refractivity (Wildman–Crippen MR) is 101 cm³/mol. The number of nitrogens with one attached hydrogen (secondary N) is 2. The Labute approximate surface area is 159 Å². The van der Waals surface area contributed by atoms with Crippen molar-refractivity contribution in [2.45, 2.75) is 29.4 Å². The van der Waals surface area contributed by atoms with Crippen LogP contribution >= 0.6 is 11.9 Å². The molecular formula is C16H21FN6O3S. The number of ether oxygens (including phenoxy) is 1. The number of nitrogens with two attached hydrogens (primary N) is 1. The fourth-order valence-corrected chi connectivity index (χ4v) is 4.07. The number of anilines is 1. The second-order valence-electron chi connectivity index (χ2n) is 7.00. The Kier molecular flexibility index (Phi) is 4.93. The van der Waals surface area contributed by atoms with Crippen LogP contribution in [0.4, 0.5) is 15.8 Å². The number of benzene rings is 1. The first-order valence-electron chi connectivity index (χ1n) is 8.76. The van der Waals surface area contributed by atoms with Gasteiger partial charge in [-0.15, -0.1) is 0 Å². The van der Waals surface area contributed by atoms with Gasteiger partial charge in [0.1, 0.15) is 16.9 Å².